The van der Waals surface area contributed by atoms with Crippen LogP contribution in [0.25, 0.3) is 0 Å². The van der Waals surface area contributed by atoms with Crippen LogP contribution in [0.5, 0.6) is 5.75 Å². The number of aromatic hydroxyl groups is 1. The van der Waals surface area contributed by atoms with Crippen molar-refractivity contribution in [3.63, 3.8) is 0 Å². The summed E-state index contributed by atoms with van der Waals surface area (Å²) >= 11 is 0. The van der Waals surface area contributed by atoms with Gasteiger partial charge in [0.2, 0.25) is 5.91 Å². The maximum absolute atomic E-state index is 13.5. The Labute approximate surface area is 123 Å². The van der Waals surface area contributed by atoms with E-state index in [9.17, 15) is 19.1 Å². The van der Waals surface area contributed by atoms with E-state index in [-0.39, 0.29) is 30.3 Å². The highest BCUT2D eigenvalue weighted by Gasteiger charge is 2.17. The van der Waals surface area contributed by atoms with Gasteiger partial charge in [-0.1, -0.05) is 6.92 Å². The Bertz CT molecular complexity index is 532. The van der Waals surface area contributed by atoms with E-state index in [0.717, 1.165) is 6.07 Å². The number of amides is 1. The van der Waals surface area contributed by atoms with Crippen LogP contribution in [0, 0.1) is 5.82 Å². The predicted molar refractivity (Wildman–Crippen MR) is 77.7 cm³/mol. The second-order valence-electron chi connectivity index (χ2n) is 4.77. The molecule has 116 valence electrons. The van der Waals surface area contributed by atoms with Crippen molar-refractivity contribution in [2.24, 2.45) is 0 Å². The van der Waals surface area contributed by atoms with Gasteiger partial charge in [0, 0.05) is 18.7 Å². The van der Waals surface area contributed by atoms with Crippen LogP contribution < -0.4 is 5.32 Å². The van der Waals surface area contributed by atoms with E-state index in [1.54, 1.807) is 4.90 Å². The molecule has 0 unspecified atom stereocenters. The summed E-state index contributed by atoms with van der Waals surface area (Å²) in [6, 6.07) is 2.20. The number of likely N-dealkylation sites (N-methyl/N-ethyl adjacent to an activating group) is 2. The summed E-state index contributed by atoms with van der Waals surface area (Å²) in [5.41, 5.74) is 0.255. The molecule has 0 heterocycles. The molecule has 0 fully saturated rings. The number of Topliss-reactive ketones (excluding diaryl/α,β-unsaturated/α-hetero) is 1. The van der Waals surface area contributed by atoms with E-state index in [2.05, 4.69) is 5.32 Å². The fraction of sp³-hybridized carbons (Fsp3) is 0.467. The molecule has 0 aromatic heterocycles. The molecule has 0 spiro atoms. The quantitative estimate of drug-likeness (QED) is 0.751. The molecular formula is C15H21FN2O3. The molecule has 1 amide bonds. The monoisotopic (exact) mass is 296 g/mol. The zero-order chi connectivity index (χ0) is 16.0. The Morgan fingerprint density at radius 2 is 2.00 bits per heavy atom. The second-order valence-corrected chi connectivity index (χ2v) is 4.77. The second kappa shape index (κ2) is 7.73. The van der Waals surface area contributed by atoms with Crippen LogP contribution in [0.3, 0.4) is 0 Å². The minimum atomic E-state index is -0.581. The summed E-state index contributed by atoms with van der Waals surface area (Å²) < 4.78 is 13.5. The Morgan fingerprint density at radius 1 is 1.33 bits per heavy atom. The third-order valence-electron chi connectivity index (χ3n) is 3.12. The summed E-state index contributed by atoms with van der Waals surface area (Å²) in [6.45, 7) is 6.39. The first-order chi connectivity index (χ1) is 9.88. The molecule has 1 rings (SSSR count). The van der Waals surface area contributed by atoms with Gasteiger partial charge in [-0.2, -0.15) is 0 Å². The number of carbonyl (C=O) groups is 2. The van der Waals surface area contributed by atoms with E-state index in [4.69, 9.17) is 0 Å². The van der Waals surface area contributed by atoms with Crippen molar-refractivity contribution in [1.82, 2.24) is 10.2 Å². The van der Waals surface area contributed by atoms with Crippen molar-refractivity contribution in [3.8, 4) is 5.75 Å². The van der Waals surface area contributed by atoms with E-state index in [1.807, 2.05) is 13.8 Å². The first-order valence-electron chi connectivity index (χ1n) is 6.90. The number of nitrogens with zero attached hydrogens (tertiary/aromatic N) is 1. The van der Waals surface area contributed by atoms with Gasteiger partial charge in [0.05, 0.1) is 12.1 Å². The van der Waals surface area contributed by atoms with Crippen LogP contribution in [0.4, 0.5) is 4.39 Å². The zero-order valence-electron chi connectivity index (χ0n) is 12.6. The molecule has 0 atom stereocenters. The molecule has 0 bridgehead atoms. The first-order valence-corrected chi connectivity index (χ1v) is 6.90. The number of rotatable bonds is 7. The minimum absolute atomic E-state index is 0.0425. The highest BCUT2D eigenvalue weighted by molar-refractivity contribution is 5.97. The van der Waals surface area contributed by atoms with Crippen LogP contribution in [-0.4, -0.2) is 41.3 Å². The summed E-state index contributed by atoms with van der Waals surface area (Å²) in [7, 11) is 0. The van der Waals surface area contributed by atoms with Gasteiger partial charge in [-0.3, -0.25) is 14.5 Å². The molecule has 0 aliphatic carbocycles. The lowest BCUT2D eigenvalue weighted by Gasteiger charge is -2.21. The Morgan fingerprint density at radius 3 is 2.52 bits per heavy atom. The van der Waals surface area contributed by atoms with Crippen LogP contribution in [0.1, 0.15) is 36.7 Å². The number of hydrogen-bond acceptors (Lipinski definition) is 4. The SMILES string of the molecule is CCNC(=O)CN(CC)Cc1cc(F)cc(C(C)=O)c1O. The standard InChI is InChI=1S/C15H21FN2O3/c1-4-17-14(20)9-18(5-2)8-11-6-12(16)7-13(10(3)19)15(11)21/h6-7,21H,4-5,8-9H2,1-3H3,(H,17,20). The van der Waals surface area contributed by atoms with Gasteiger partial charge in [-0.05, 0) is 32.5 Å². The van der Waals surface area contributed by atoms with Gasteiger partial charge in [0.1, 0.15) is 11.6 Å². The van der Waals surface area contributed by atoms with Crippen LogP contribution in [0.15, 0.2) is 12.1 Å². The maximum Gasteiger partial charge on any atom is 0.234 e. The molecule has 1 aromatic carbocycles. The van der Waals surface area contributed by atoms with E-state index >= 15 is 0 Å². The normalized spacial score (nSPS) is 10.7. The summed E-state index contributed by atoms with van der Waals surface area (Å²) in [6.07, 6.45) is 0. The number of phenols is 1. The van der Waals surface area contributed by atoms with Gasteiger partial charge < -0.3 is 10.4 Å². The van der Waals surface area contributed by atoms with Crippen molar-refractivity contribution in [3.05, 3.63) is 29.1 Å². The molecule has 2 N–H and O–H groups in total. The third-order valence-corrected chi connectivity index (χ3v) is 3.12. The zero-order valence-corrected chi connectivity index (χ0v) is 12.6. The summed E-state index contributed by atoms with van der Waals surface area (Å²) in [5, 5.41) is 12.7. The molecular weight excluding hydrogens is 275 g/mol. The lowest BCUT2D eigenvalue weighted by Crippen LogP contribution is -2.36. The molecule has 5 nitrogen and oxygen atoms in total. The fourth-order valence-electron chi connectivity index (χ4n) is 2.02. The molecule has 6 heteroatoms. The lowest BCUT2D eigenvalue weighted by molar-refractivity contribution is -0.122. The van der Waals surface area contributed by atoms with E-state index in [0.29, 0.717) is 18.7 Å². The molecule has 0 radical (unpaired) electrons. The Balaban J connectivity index is 2.94. The number of nitrogens with one attached hydrogen (secondary N) is 1. The van der Waals surface area contributed by atoms with Gasteiger partial charge in [-0.25, -0.2) is 4.39 Å². The predicted octanol–water partition coefficient (Wildman–Crippen LogP) is 1.69. The van der Waals surface area contributed by atoms with Crippen molar-refractivity contribution >= 4 is 11.7 Å². The number of phenolic OH excluding ortho intramolecular Hbond substituents is 1. The molecule has 0 saturated carbocycles. The van der Waals surface area contributed by atoms with Crippen LogP contribution >= 0.6 is 0 Å². The largest absolute Gasteiger partial charge is 0.507 e. The number of carbonyl (C=O) groups excluding carboxylic acids is 2. The number of ketones is 1. The van der Waals surface area contributed by atoms with Crippen LogP contribution in [-0.2, 0) is 11.3 Å². The fourth-order valence-corrected chi connectivity index (χ4v) is 2.02. The highest BCUT2D eigenvalue weighted by atomic mass is 19.1. The van der Waals surface area contributed by atoms with Gasteiger partial charge in [0.25, 0.3) is 0 Å². The van der Waals surface area contributed by atoms with E-state index < -0.39 is 11.6 Å². The number of halogens is 1. The lowest BCUT2D eigenvalue weighted by atomic mass is 10.0. The molecule has 0 saturated heterocycles. The number of hydrogen-bond donors (Lipinski definition) is 2. The van der Waals surface area contributed by atoms with Crippen molar-refractivity contribution in [2.45, 2.75) is 27.3 Å². The number of benzene rings is 1. The van der Waals surface area contributed by atoms with Crippen molar-refractivity contribution in [2.75, 3.05) is 19.6 Å². The van der Waals surface area contributed by atoms with Gasteiger partial charge in [0.15, 0.2) is 5.78 Å². The minimum Gasteiger partial charge on any atom is -0.507 e. The molecule has 0 aliphatic heterocycles. The first kappa shape index (κ1) is 17.1. The maximum atomic E-state index is 13.5. The molecule has 0 aliphatic rings. The average Bonchev–Trinajstić information content (AvgIpc) is 2.41. The Hall–Kier alpha value is -1.95. The summed E-state index contributed by atoms with van der Waals surface area (Å²) in [4.78, 5) is 24.7. The van der Waals surface area contributed by atoms with Gasteiger partial charge in [-0.15, -0.1) is 0 Å². The smallest absolute Gasteiger partial charge is 0.234 e. The topological polar surface area (TPSA) is 69.6 Å². The van der Waals surface area contributed by atoms with Crippen LogP contribution in [0.2, 0.25) is 0 Å². The summed E-state index contributed by atoms with van der Waals surface area (Å²) in [5.74, 6) is -1.35. The Kier molecular flexibility index (Phi) is 6.30. The van der Waals surface area contributed by atoms with Crippen molar-refractivity contribution in [1.29, 1.82) is 0 Å². The van der Waals surface area contributed by atoms with Gasteiger partial charge >= 0.3 is 0 Å². The average molecular weight is 296 g/mol. The van der Waals surface area contributed by atoms with E-state index in [1.165, 1.54) is 13.0 Å². The highest BCUT2D eigenvalue weighted by Crippen LogP contribution is 2.26. The molecule has 21 heavy (non-hydrogen) atoms. The molecule has 1 aromatic rings. The van der Waals surface area contributed by atoms with Crippen molar-refractivity contribution < 1.29 is 19.1 Å². The third kappa shape index (κ3) is 4.82.